The number of hydrogen-bond donors (Lipinski definition) is 1. The van der Waals surface area contributed by atoms with E-state index in [1.807, 2.05) is 23.9 Å². The van der Waals surface area contributed by atoms with Gasteiger partial charge in [-0.05, 0) is 42.4 Å². The van der Waals surface area contributed by atoms with E-state index in [-0.39, 0.29) is 6.10 Å². The van der Waals surface area contributed by atoms with Crippen molar-refractivity contribution in [3.8, 4) is 5.75 Å². The number of nitrogens with zero attached hydrogens (tertiary/aromatic N) is 1. The highest BCUT2D eigenvalue weighted by atomic mass is 32.2. The molecule has 16 heavy (non-hydrogen) atoms. The van der Waals surface area contributed by atoms with Gasteiger partial charge in [0.2, 0.25) is 0 Å². The molecule has 88 valence electrons. The van der Waals surface area contributed by atoms with Crippen LogP contribution in [0.15, 0.2) is 24.5 Å². The molecule has 1 aromatic rings. The number of aliphatic hydroxyl groups is 1. The third kappa shape index (κ3) is 3.39. The summed E-state index contributed by atoms with van der Waals surface area (Å²) in [7, 11) is 0. The Balaban J connectivity index is 1.76. The highest BCUT2D eigenvalue weighted by Crippen LogP contribution is 2.25. The minimum Gasteiger partial charge on any atom is -0.489 e. The number of aromatic nitrogens is 1. The van der Waals surface area contributed by atoms with Crippen LogP contribution in [0.2, 0.25) is 0 Å². The van der Waals surface area contributed by atoms with Crippen LogP contribution in [0.5, 0.6) is 5.75 Å². The van der Waals surface area contributed by atoms with E-state index < -0.39 is 0 Å². The first kappa shape index (κ1) is 11.7. The fraction of sp³-hybridized carbons (Fsp3) is 0.583. The van der Waals surface area contributed by atoms with Crippen LogP contribution in [-0.2, 0) is 0 Å². The van der Waals surface area contributed by atoms with Crippen molar-refractivity contribution in [3.05, 3.63) is 24.5 Å². The second kappa shape index (κ2) is 6.11. The summed E-state index contributed by atoms with van der Waals surface area (Å²) in [6.07, 6.45) is 5.23. The van der Waals surface area contributed by atoms with Gasteiger partial charge in [0.05, 0.1) is 12.3 Å². The van der Waals surface area contributed by atoms with E-state index in [2.05, 4.69) is 4.98 Å². The first-order valence-electron chi connectivity index (χ1n) is 5.65. The van der Waals surface area contributed by atoms with Crippen LogP contribution in [0.25, 0.3) is 0 Å². The van der Waals surface area contributed by atoms with Crippen molar-refractivity contribution in [3.63, 3.8) is 0 Å². The molecule has 0 radical (unpaired) electrons. The number of pyridine rings is 1. The molecule has 4 heteroatoms. The lowest BCUT2D eigenvalue weighted by Crippen LogP contribution is -2.30. The highest BCUT2D eigenvalue weighted by molar-refractivity contribution is 7.99. The summed E-state index contributed by atoms with van der Waals surface area (Å²) in [4.78, 5) is 3.97. The Kier molecular flexibility index (Phi) is 4.48. The van der Waals surface area contributed by atoms with Gasteiger partial charge in [-0.3, -0.25) is 4.98 Å². The number of rotatable bonds is 4. The van der Waals surface area contributed by atoms with Gasteiger partial charge in [0, 0.05) is 6.20 Å². The molecule has 0 saturated carbocycles. The monoisotopic (exact) mass is 239 g/mol. The molecule has 1 aliphatic heterocycles. The molecule has 1 fully saturated rings. The Morgan fingerprint density at radius 3 is 3.00 bits per heavy atom. The Hall–Kier alpha value is -0.740. The number of ether oxygens (including phenoxy) is 1. The molecule has 0 bridgehead atoms. The van der Waals surface area contributed by atoms with Crippen molar-refractivity contribution in [2.75, 3.05) is 18.1 Å². The maximum atomic E-state index is 9.98. The molecule has 3 nitrogen and oxygen atoms in total. The molecule has 2 rings (SSSR count). The molecule has 1 saturated heterocycles. The first-order valence-corrected chi connectivity index (χ1v) is 6.80. The highest BCUT2D eigenvalue weighted by Gasteiger charge is 2.22. The minimum absolute atomic E-state index is 0.346. The van der Waals surface area contributed by atoms with Crippen molar-refractivity contribution in [1.29, 1.82) is 0 Å². The molecular weight excluding hydrogens is 222 g/mol. The zero-order valence-electron chi connectivity index (χ0n) is 9.21. The van der Waals surface area contributed by atoms with Gasteiger partial charge in [-0.2, -0.15) is 11.8 Å². The van der Waals surface area contributed by atoms with Crippen molar-refractivity contribution in [1.82, 2.24) is 4.98 Å². The van der Waals surface area contributed by atoms with E-state index in [1.54, 1.807) is 12.4 Å². The molecule has 1 unspecified atom stereocenters. The SMILES string of the molecule is OC(COc1cccnc1)C1CCSCC1. The zero-order chi connectivity index (χ0) is 11.2. The summed E-state index contributed by atoms with van der Waals surface area (Å²) in [5.74, 6) is 3.45. The lowest BCUT2D eigenvalue weighted by atomic mass is 9.97. The Labute approximate surface area is 100 Å². The van der Waals surface area contributed by atoms with Crippen molar-refractivity contribution < 1.29 is 9.84 Å². The van der Waals surface area contributed by atoms with Gasteiger partial charge in [0.15, 0.2) is 0 Å². The minimum atomic E-state index is -0.346. The molecule has 2 heterocycles. The second-order valence-electron chi connectivity index (χ2n) is 4.02. The predicted octanol–water partition coefficient (Wildman–Crippen LogP) is 1.96. The zero-order valence-corrected chi connectivity index (χ0v) is 10.0. The smallest absolute Gasteiger partial charge is 0.137 e. The van der Waals surface area contributed by atoms with Gasteiger partial charge in [-0.15, -0.1) is 0 Å². The summed E-state index contributed by atoms with van der Waals surface area (Å²) in [6.45, 7) is 0.376. The maximum Gasteiger partial charge on any atom is 0.137 e. The number of hydrogen-bond acceptors (Lipinski definition) is 4. The number of aliphatic hydroxyl groups excluding tert-OH is 1. The van der Waals surface area contributed by atoms with Gasteiger partial charge >= 0.3 is 0 Å². The third-order valence-corrected chi connectivity index (χ3v) is 3.91. The Bertz CT molecular complexity index is 301. The van der Waals surface area contributed by atoms with E-state index >= 15 is 0 Å². The van der Waals surface area contributed by atoms with Crippen molar-refractivity contribution in [2.45, 2.75) is 18.9 Å². The average molecular weight is 239 g/mol. The fourth-order valence-corrected chi connectivity index (χ4v) is 2.99. The van der Waals surface area contributed by atoms with Crippen LogP contribution in [-0.4, -0.2) is 34.3 Å². The van der Waals surface area contributed by atoms with E-state index in [1.165, 1.54) is 0 Å². The quantitative estimate of drug-likeness (QED) is 0.872. The molecule has 1 atom stereocenters. The predicted molar refractivity (Wildman–Crippen MR) is 65.8 cm³/mol. The average Bonchev–Trinajstić information content (AvgIpc) is 2.38. The molecule has 1 aromatic heterocycles. The molecule has 0 aliphatic carbocycles. The van der Waals surface area contributed by atoms with E-state index in [0.717, 1.165) is 30.1 Å². The van der Waals surface area contributed by atoms with Crippen LogP contribution in [0.3, 0.4) is 0 Å². The molecule has 0 aromatic carbocycles. The maximum absolute atomic E-state index is 9.98. The summed E-state index contributed by atoms with van der Waals surface area (Å²) in [6, 6.07) is 3.69. The molecule has 0 amide bonds. The Morgan fingerprint density at radius 2 is 2.31 bits per heavy atom. The fourth-order valence-electron chi connectivity index (χ4n) is 1.85. The second-order valence-corrected chi connectivity index (χ2v) is 5.24. The lowest BCUT2D eigenvalue weighted by molar-refractivity contribution is 0.0533. The molecule has 1 N–H and O–H groups in total. The normalized spacial score (nSPS) is 19.3. The summed E-state index contributed by atoms with van der Waals surface area (Å²) in [5.41, 5.74) is 0. The summed E-state index contributed by atoms with van der Waals surface area (Å²) >= 11 is 1.97. The van der Waals surface area contributed by atoms with Crippen LogP contribution in [0.1, 0.15) is 12.8 Å². The van der Waals surface area contributed by atoms with E-state index in [9.17, 15) is 5.11 Å². The lowest BCUT2D eigenvalue weighted by Gasteiger charge is -2.26. The van der Waals surface area contributed by atoms with Crippen LogP contribution >= 0.6 is 11.8 Å². The van der Waals surface area contributed by atoms with Gasteiger partial charge in [0.1, 0.15) is 12.4 Å². The summed E-state index contributed by atoms with van der Waals surface area (Å²) in [5, 5.41) is 9.98. The van der Waals surface area contributed by atoms with Crippen molar-refractivity contribution in [2.24, 2.45) is 5.92 Å². The molecule has 0 spiro atoms. The standard InChI is InChI=1S/C12H17NO2S/c14-12(10-3-6-16-7-4-10)9-15-11-2-1-5-13-8-11/h1-2,5,8,10,12,14H,3-4,6-7,9H2. The van der Waals surface area contributed by atoms with Gasteiger partial charge in [-0.1, -0.05) is 0 Å². The number of thioether (sulfide) groups is 1. The first-order chi connectivity index (χ1) is 7.86. The van der Waals surface area contributed by atoms with Crippen LogP contribution in [0.4, 0.5) is 0 Å². The Morgan fingerprint density at radius 1 is 1.50 bits per heavy atom. The topological polar surface area (TPSA) is 42.4 Å². The largest absolute Gasteiger partial charge is 0.489 e. The van der Waals surface area contributed by atoms with E-state index in [0.29, 0.717) is 12.5 Å². The van der Waals surface area contributed by atoms with Crippen molar-refractivity contribution >= 4 is 11.8 Å². The third-order valence-electron chi connectivity index (χ3n) is 2.87. The van der Waals surface area contributed by atoms with Gasteiger partial charge in [0.25, 0.3) is 0 Å². The van der Waals surface area contributed by atoms with E-state index in [4.69, 9.17) is 4.74 Å². The van der Waals surface area contributed by atoms with Gasteiger partial charge < -0.3 is 9.84 Å². The van der Waals surface area contributed by atoms with Crippen LogP contribution in [0, 0.1) is 5.92 Å². The molecule has 1 aliphatic rings. The molecular formula is C12H17NO2S. The van der Waals surface area contributed by atoms with Crippen LogP contribution < -0.4 is 4.74 Å². The van der Waals surface area contributed by atoms with Gasteiger partial charge in [-0.25, -0.2) is 0 Å². The summed E-state index contributed by atoms with van der Waals surface area (Å²) < 4.78 is 5.50.